The molecule has 0 radical (unpaired) electrons. The Labute approximate surface area is 81.9 Å². The standard InChI is InChI=1S/C10H11ClFN/c11-8(7-3-4-7)6-10-9(12)2-1-5-13-10/h1-2,5,7-8H,3-4,6H2. The summed E-state index contributed by atoms with van der Waals surface area (Å²) >= 11 is 6.08. The lowest BCUT2D eigenvalue weighted by molar-refractivity contribution is 0.587. The fourth-order valence-electron chi connectivity index (χ4n) is 1.38. The van der Waals surface area contributed by atoms with Gasteiger partial charge in [-0.2, -0.15) is 0 Å². The Bertz CT molecular complexity index is 299. The van der Waals surface area contributed by atoms with Gasteiger partial charge in [0.2, 0.25) is 0 Å². The minimum atomic E-state index is -0.242. The molecule has 0 saturated heterocycles. The van der Waals surface area contributed by atoms with Gasteiger partial charge in [-0.15, -0.1) is 11.6 Å². The summed E-state index contributed by atoms with van der Waals surface area (Å²) in [7, 11) is 0. The van der Waals surface area contributed by atoms with Crippen LogP contribution in [0.2, 0.25) is 0 Å². The SMILES string of the molecule is Fc1cccnc1CC(Cl)C1CC1. The summed E-state index contributed by atoms with van der Waals surface area (Å²) in [5.41, 5.74) is 0.495. The highest BCUT2D eigenvalue weighted by atomic mass is 35.5. The van der Waals surface area contributed by atoms with Crippen LogP contribution in [0.25, 0.3) is 0 Å². The van der Waals surface area contributed by atoms with Crippen molar-refractivity contribution >= 4 is 11.6 Å². The van der Waals surface area contributed by atoms with E-state index in [1.807, 2.05) is 0 Å². The van der Waals surface area contributed by atoms with Gasteiger partial charge in [0.15, 0.2) is 0 Å². The molecule has 70 valence electrons. The number of nitrogens with zero attached hydrogens (tertiary/aromatic N) is 1. The van der Waals surface area contributed by atoms with E-state index >= 15 is 0 Å². The fourth-order valence-corrected chi connectivity index (χ4v) is 1.78. The summed E-state index contributed by atoms with van der Waals surface area (Å²) in [6.45, 7) is 0. The van der Waals surface area contributed by atoms with Crippen molar-refractivity contribution in [1.29, 1.82) is 0 Å². The van der Waals surface area contributed by atoms with Crippen molar-refractivity contribution in [3.05, 3.63) is 29.8 Å². The molecule has 0 bridgehead atoms. The highest BCUT2D eigenvalue weighted by Gasteiger charge is 2.30. The first-order valence-electron chi connectivity index (χ1n) is 4.51. The summed E-state index contributed by atoms with van der Waals surface area (Å²) in [6.07, 6.45) is 4.53. The maximum atomic E-state index is 13.1. The molecule has 1 saturated carbocycles. The summed E-state index contributed by atoms with van der Waals surface area (Å²) in [5, 5.41) is 0.0596. The topological polar surface area (TPSA) is 12.9 Å². The van der Waals surface area contributed by atoms with E-state index in [1.54, 1.807) is 12.3 Å². The summed E-state index contributed by atoms with van der Waals surface area (Å²) in [4.78, 5) is 3.97. The van der Waals surface area contributed by atoms with Crippen molar-refractivity contribution in [2.45, 2.75) is 24.6 Å². The molecule has 0 spiro atoms. The number of pyridine rings is 1. The second-order valence-electron chi connectivity index (χ2n) is 3.49. The lowest BCUT2D eigenvalue weighted by atomic mass is 10.1. The van der Waals surface area contributed by atoms with Crippen LogP contribution >= 0.6 is 11.6 Å². The number of rotatable bonds is 3. The van der Waals surface area contributed by atoms with E-state index in [9.17, 15) is 4.39 Å². The zero-order valence-electron chi connectivity index (χ0n) is 7.21. The maximum Gasteiger partial charge on any atom is 0.144 e. The number of halogens is 2. The van der Waals surface area contributed by atoms with Crippen LogP contribution < -0.4 is 0 Å². The molecule has 0 amide bonds. The van der Waals surface area contributed by atoms with Crippen molar-refractivity contribution in [3.63, 3.8) is 0 Å². The first-order valence-corrected chi connectivity index (χ1v) is 4.94. The van der Waals surface area contributed by atoms with Crippen LogP contribution in [-0.4, -0.2) is 10.4 Å². The Morgan fingerprint density at radius 1 is 1.62 bits per heavy atom. The highest BCUT2D eigenvalue weighted by molar-refractivity contribution is 6.21. The van der Waals surface area contributed by atoms with Crippen LogP contribution in [0, 0.1) is 11.7 Å². The summed E-state index contributed by atoms with van der Waals surface area (Å²) in [6, 6.07) is 3.03. The van der Waals surface area contributed by atoms with E-state index in [-0.39, 0.29) is 11.2 Å². The molecular formula is C10H11ClFN. The van der Waals surface area contributed by atoms with Crippen molar-refractivity contribution in [2.75, 3.05) is 0 Å². The molecule has 1 heterocycles. The van der Waals surface area contributed by atoms with Crippen LogP contribution in [-0.2, 0) is 6.42 Å². The zero-order valence-corrected chi connectivity index (χ0v) is 7.97. The normalized spacial score (nSPS) is 18.6. The van der Waals surface area contributed by atoms with Crippen LogP contribution in [0.15, 0.2) is 18.3 Å². The van der Waals surface area contributed by atoms with E-state index in [0.717, 1.165) is 0 Å². The van der Waals surface area contributed by atoms with E-state index in [4.69, 9.17) is 11.6 Å². The van der Waals surface area contributed by atoms with Gasteiger partial charge in [-0.3, -0.25) is 4.98 Å². The van der Waals surface area contributed by atoms with Crippen LogP contribution in [0.5, 0.6) is 0 Å². The minimum Gasteiger partial charge on any atom is -0.258 e. The van der Waals surface area contributed by atoms with Crippen LogP contribution in [0.4, 0.5) is 4.39 Å². The highest BCUT2D eigenvalue weighted by Crippen LogP contribution is 2.37. The molecular weight excluding hydrogens is 189 g/mol. The third-order valence-corrected chi connectivity index (χ3v) is 2.87. The van der Waals surface area contributed by atoms with E-state index in [2.05, 4.69) is 4.98 Å². The molecule has 1 fully saturated rings. The Balaban J connectivity index is 2.03. The van der Waals surface area contributed by atoms with E-state index in [1.165, 1.54) is 18.9 Å². The molecule has 1 aromatic rings. The first-order chi connectivity index (χ1) is 6.27. The molecule has 1 atom stereocenters. The zero-order chi connectivity index (χ0) is 9.26. The number of hydrogen-bond acceptors (Lipinski definition) is 1. The number of alkyl halides is 1. The van der Waals surface area contributed by atoms with Gasteiger partial charge in [-0.25, -0.2) is 4.39 Å². The molecule has 13 heavy (non-hydrogen) atoms. The lowest BCUT2D eigenvalue weighted by Gasteiger charge is -2.06. The lowest BCUT2D eigenvalue weighted by Crippen LogP contribution is -2.08. The predicted molar refractivity (Wildman–Crippen MR) is 50.3 cm³/mol. The van der Waals surface area contributed by atoms with Crippen molar-refractivity contribution < 1.29 is 4.39 Å². The number of hydrogen-bond donors (Lipinski definition) is 0. The van der Waals surface area contributed by atoms with E-state index in [0.29, 0.717) is 18.0 Å². The first kappa shape index (κ1) is 8.95. The van der Waals surface area contributed by atoms with Gasteiger partial charge in [0, 0.05) is 18.0 Å². The maximum absolute atomic E-state index is 13.1. The van der Waals surface area contributed by atoms with Crippen molar-refractivity contribution in [2.24, 2.45) is 5.92 Å². The predicted octanol–water partition coefficient (Wildman–Crippen LogP) is 2.78. The van der Waals surface area contributed by atoms with Gasteiger partial charge in [0.05, 0.1) is 5.69 Å². The Kier molecular flexibility index (Phi) is 2.49. The van der Waals surface area contributed by atoms with Gasteiger partial charge < -0.3 is 0 Å². The molecule has 0 N–H and O–H groups in total. The van der Waals surface area contributed by atoms with Gasteiger partial charge in [0.25, 0.3) is 0 Å². The van der Waals surface area contributed by atoms with Crippen molar-refractivity contribution in [1.82, 2.24) is 4.98 Å². The largest absolute Gasteiger partial charge is 0.258 e. The molecule has 2 rings (SSSR count). The monoisotopic (exact) mass is 199 g/mol. The third-order valence-electron chi connectivity index (χ3n) is 2.36. The molecule has 1 aromatic heterocycles. The van der Waals surface area contributed by atoms with E-state index < -0.39 is 0 Å². The average Bonchev–Trinajstić information content (AvgIpc) is 2.91. The molecule has 0 aromatic carbocycles. The molecule has 1 aliphatic rings. The third kappa shape index (κ3) is 2.19. The molecule has 3 heteroatoms. The Hall–Kier alpha value is -0.630. The van der Waals surface area contributed by atoms with Gasteiger partial charge in [0.1, 0.15) is 5.82 Å². The van der Waals surface area contributed by atoms with Gasteiger partial charge in [-0.1, -0.05) is 0 Å². The molecule has 1 unspecified atom stereocenters. The van der Waals surface area contributed by atoms with Crippen molar-refractivity contribution in [3.8, 4) is 0 Å². The Morgan fingerprint density at radius 2 is 2.38 bits per heavy atom. The molecule has 0 aliphatic heterocycles. The summed E-state index contributed by atoms with van der Waals surface area (Å²) < 4.78 is 13.1. The van der Waals surface area contributed by atoms with Gasteiger partial charge in [-0.05, 0) is 30.9 Å². The van der Waals surface area contributed by atoms with Crippen LogP contribution in [0.3, 0.4) is 0 Å². The minimum absolute atomic E-state index is 0.0596. The second-order valence-corrected chi connectivity index (χ2v) is 4.05. The smallest absolute Gasteiger partial charge is 0.144 e. The molecule has 1 aliphatic carbocycles. The number of aromatic nitrogens is 1. The van der Waals surface area contributed by atoms with Crippen LogP contribution in [0.1, 0.15) is 18.5 Å². The second kappa shape index (κ2) is 3.62. The average molecular weight is 200 g/mol. The summed E-state index contributed by atoms with van der Waals surface area (Å²) in [5.74, 6) is 0.344. The fraction of sp³-hybridized carbons (Fsp3) is 0.500. The van der Waals surface area contributed by atoms with Gasteiger partial charge >= 0.3 is 0 Å². The quantitative estimate of drug-likeness (QED) is 0.683. The Morgan fingerprint density at radius 3 is 3.00 bits per heavy atom. The molecule has 1 nitrogen and oxygen atoms in total.